The van der Waals surface area contributed by atoms with Crippen molar-refractivity contribution in [3.05, 3.63) is 58.0 Å². The van der Waals surface area contributed by atoms with E-state index < -0.39 is 4.92 Å². The third kappa shape index (κ3) is 2.63. The van der Waals surface area contributed by atoms with Crippen molar-refractivity contribution >= 4 is 11.4 Å². The van der Waals surface area contributed by atoms with Crippen molar-refractivity contribution in [1.82, 2.24) is 0 Å². The minimum absolute atomic E-state index is 0.0801. The molecule has 0 spiro atoms. The van der Waals surface area contributed by atoms with Crippen molar-refractivity contribution in [2.45, 2.75) is 13.5 Å². The molecule has 0 amide bonds. The second-order valence-corrected chi connectivity index (χ2v) is 3.71. The van der Waals surface area contributed by atoms with Gasteiger partial charge in [0, 0.05) is 6.07 Å². The van der Waals surface area contributed by atoms with Crippen molar-refractivity contribution in [3.8, 4) is 0 Å². The molecule has 1 N–H and O–H groups in total. The molecule has 0 unspecified atom stereocenters. The summed E-state index contributed by atoms with van der Waals surface area (Å²) in [7, 11) is 0. The van der Waals surface area contributed by atoms with Crippen LogP contribution in [0.4, 0.5) is 11.4 Å². The topological polar surface area (TPSA) is 68.3 Å². The zero-order valence-corrected chi connectivity index (χ0v) is 9.34. The molecular weight excluding hydrogens is 220 g/mol. The Morgan fingerprint density at radius 3 is 2.88 bits per heavy atom. The number of hydrogen-bond acceptors (Lipinski definition) is 4. The number of furan rings is 1. The standard InChI is InChI=1S/C12H12N2O3/c1-9-4-5-11(12(7-9)14(15)16)13-8-10-3-2-6-17-10/h2-7,13H,8H2,1H3. The third-order valence-electron chi connectivity index (χ3n) is 2.38. The highest BCUT2D eigenvalue weighted by Crippen LogP contribution is 2.25. The molecule has 0 saturated heterocycles. The monoisotopic (exact) mass is 232 g/mol. The fourth-order valence-corrected chi connectivity index (χ4v) is 1.54. The van der Waals surface area contributed by atoms with Crippen LogP contribution in [0.3, 0.4) is 0 Å². The molecule has 0 aliphatic heterocycles. The van der Waals surface area contributed by atoms with Crippen LogP contribution in [0.15, 0.2) is 41.0 Å². The van der Waals surface area contributed by atoms with Gasteiger partial charge < -0.3 is 9.73 Å². The molecule has 17 heavy (non-hydrogen) atoms. The van der Waals surface area contributed by atoms with Crippen molar-refractivity contribution in [2.75, 3.05) is 5.32 Å². The third-order valence-corrected chi connectivity index (χ3v) is 2.38. The Labute approximate surface area is 98.2 Å². The molecule has 88 valence electrons. The molecular formula is C12H12N2O3. The lowest BCUT2D eigenvalue weighted by Crippen LogP contribution is -2.02. The van der Waals surface area contributed by atoms with E-state index in [9.17, 15) is 10.1 Å². The highest BCUT2D eigenvalue weighted by molar-refractivity contribution is 5.62. The molecule has 2 aromatic rings. The van der Waals surface area contributed by atoms with Crippen LogP contribution in [0.2, 0.25) is 0 Å². The lowest BCUT2D eigenvalue weighted by molar-refractivity contribution is -0.384. The van der Waals surface area contributed by atoms with Crippen LogP contribution in [-0.4, -0.2) is 4.92 Å². The largest absolute Gasteiger partial charge is 0.467 e. The van der Waals surface area contributed by atoms with E-state index in [2.05, 4.69) is 5.32 Å². The predicted molar refractivity (Wildman–Crippen MR) is 63.9 cm³/mol. The molecule has 0 fully saturated rings. The summed E-state index contributed by atoms with van der Waals surface area (Å²) in [5, 5.41) is 13.9. The minimum atomic E-state index is -0.391. The van der Waals surface area contributed by atoms with Gasteiger partial charge >= 0.3 is 0 Å². The SMILES string of the molecule is Cc1ccc(NCc2ccco2)c([N+](=O)[O-])c1. The summed E-state index contributed by atoms with van der Waals surface area (Å²) in [6.07, 6.45) is 1.57. The number of nitro benzene ring substituents is 1. The molecule has 0 atom stereocenters. The molecule has 1 heterocycles. The van der Waals surface area contributed by atoms with Crippen molar-refractivity contribution < 1.29 is 9.34 Å². The summed E-state index contributed by atoms with van der Waals surface area (Å²) in [6.45, 7) is 2.25. The van der Waals surface area contributed by atoms with Gasteiger partial charge in [-0.25, -0.2) is 0 Å². The average molecular weight is 232 g/mol. The first-order valence-electron chi connectivity index (χ1n) is 5.18. The van der Waals surface area contributed by atoms with Gasteiger partial charge in [-0.3, -0.25) is 10.1 Å². The first-order chi connectivity index (χ1) is 8.16. The number of nitrogens with one attached hydrogen (secondary N) is 1. The van der Waals surface area contributed by atoms with Gasteiger partial charge in [0.2, 0.25) is 0 Å². The molecule has 0 saturated carbocycles. The second-order valence-electron chi connectivity index (χ2n) is 3.71. The maximum atomic E-state index is 10.9. The quantitative estimate of drug-likeness (QED) is 0.649. The number of rotatable bonds is 4. The Kier molecular flexibility index (Phi) is 3.09. The fourth-order valence-electron chi connectivity index (χ4n) is 1.54. The van der Waals surface area contributed by atoms with E-state index in [1.165, 1.54) is 0 Å². The molecule has 5 heteroatoms. The number of nitrogens with zero attached hydrogens (tertiary/aromatic N) is 1. The number of aryl methyl sites for hydroxylation is 1. The minimum Gasteiger partial charge on any atom is -0.467 e. The summed E-state index contributed by atoms with van der Waals surface area (Å²) in [5.41, 5.74) is 1.44. The maximum Gasteiger partial charge on any atom is 0.292 e. The van der Waals surface area contributed by atoms with Crippen LogP contribution in [0.5, 0.6) is 0 Å². The first kappa shape index (κ1) is 11.2. The van der Waals surface area contributed by atoms with E-state index in [4.69, 9.17) is 4.42 Å². The van der Waals surface area contributed by atoms with Gasteiger partial charge in [0.05, 0.1) is 17.7 Å². The van der Waals surface area contributed by atoms with Crippen LogP contribution in [0.25, 0.3) is 0 Å². The van der Waals surface area contributed by atoms with E-state index in [-0.39, 0.29) is 5.69 Å². The van der Waals surface area contributed by atoms with Gasteiger partial charge in [0.15, 0.2) is 0 Å². The van der Waals surface area contributed by atoms with Crippen LogP contribution in [0, 0.1) is 17.0 Å². The van der Waals surface area contributed by atoms with Gasteiger partial charge in [-0.2, -0.15) is 0 Å². The van der Waals surface area contributed by atoms with Gasteiger partial charge in [0.1, 0.15) is 11.4 Å². The first-order valence-corrected chi connectivity index (χ1v) is 5.18. The van der Waals surface area contributed by atoms with Crippen molar-refractivity contribution in [1.29, 1.82) is 0 Å². The smallest absolute Gasteiger partial charge is 0.292 e. The van der Waals surface area contributed by atoms with Crippen LogP contribution < -0.4 is 5.32 Å². The van der Waals surface area contributed by atoms with Gasteiger partial charge in [-0.1, -0.05) is 6.07 Å². The number of hydrogen-bond donors (Lipinski definition) is 1. The molecule has 1 aromatic heterocycles. The molecule has 0 radical (unpaired) electrons. The van der Waals surface area contributed by atoms with Crippen molar-refractivity contribution in [3.63, 3.8) is 0 Å². The summed E-state index contributed by atoms with van der Waals surface area (Å²) in [6, 6.07) is 8.67. The predicted octanol–water partition coefficient (Wildman–Crippen LogP) is 3.11. The Morgan fingerprint density at radius 2 is 2.24 bits per heavy atom. The Hall–Kier alpha value is -2.30. The Morgan fingerprint density at radius 1 is 1.41 bits per heavy atom. The molecule has 0 aliphatic carbocycles. The Bertz CT molecular complexity index is 521. The molecule has 1 aromatic carbocycles. The highest BCUT2D eigenvalue weighted by Gasteiger charge is 2.13. The average Bonchev–Trinajstić information content (AvgIpc) is 2.80. The zero-order valence-electron chi connectivity index (χ0n) is 9.34. The number of anilines is 1. The van der Waals surface area contributed by atoms with E-state index in [0.29, 0.717) is 12.2 Å². The number of benzene rings is 1. The summed E-state index contributed by atoms with van der Waals surface area (Å²) >= 11 is 0. The van der Waals surface area contributed by atoms with Crippen LogP contribution in [0.1, 0.15) is 11.3 Å². The zero-order chi connectivity index (χ0) is 12.3. The molecule has 0 aliphatic rings. The Balaban J connectivity index is 2.17. The molecule has 2 rings (SSSR count). The number of nitro groups is 1. The maximum absolute atomic E-state index is 10.9. The highest BCUT2D eigenvalue weighted by atomic mass is 16.6. The van der Waals surface area contributed by atoms with E-state index in [1.54, 1.807) is 24.5 Å². The lowest BCUT2D eigenvalue weighted by atomic mass is 10.2. The fraction of sp³-hybridized carbons (Fsp3) is 0.167. The summed E-state index contributed by atoms with van der Waals surface area (Å²) < 4.78 is 5.15. The lowest BCUT2D eigenvalue weighted by Gasteiger charge is -2.05. The van der Waals surface area contributed by atoms with Gasteiger partial charge in [-0.05, 0) is 30.7 Å². The van der Waals surface area contributed by atoms with Crippen LogP contribution >= 0.6 is 0 Å². The summed E-state index contributed by atoms with van der Waals surface area (Å²) in [5.74, 6) is 0.736. The molecule has 5 nitrogen and oxygen atoms in total. The van der Waals surface area contributed by atoms with Crippen LogP contribution in [-0.2, 0) is 6.54 Å². The van der Waals surface area contributed by atoms with E-state index >= 15 is 0 Å². The second kappa shape index (κ2) is 4.69. The van der Waals surface area contributed by atoms with Gasteiger partial charge in [-0.15, -0.1) is 0 Å². The van der Waals surface area contributed by atoms with Gasteiger partial charge in [0.25, 0.3) is 5.69 Å². The van der Waals surface area contributed by atoms with Crippen molar-refractivity contribution in [2.24, 2.45) is 0 Å². The summed E-state index contributed by atoms with van der Waals surface area (Å²) in [4.78, 5) is 10.5. The molecule has 0 bridgehead atoms. The normalized spacial score (nSPS) is 10.2. The van der Waals surface area contributed by atoms with E-state index in [1.807, 2.05) is 19.1 Å². The van der Waals surface area contributed by atoms with E-state index in [0.717, 1.165) is 11.3 Å².